The Labute approximate surface area is 64.3 Å². The van der Waals surface area contributed by atoms with Gasteiger partial charge in [0.2, 0.25) is 10.9 Å². The first-order valence-electron chi connectivity index (χ1n) is 2.07. The van der Waals surface area contributed by atoms with Crippen LogP contribution in [0.5, 0.6) is 0 Å². The van der Waals surface area contributed by atoms with Gasteiger partial charge in [-0.1, -0.05) is 22.6 Å². The van der Waals surface area contributed by atoms with Crippen LogP contribution in [0.1, 0.15) is 6.92 Å². The first-order valence-corrected chi connectivity index (χ1v) is 4.44. The van der Waals surface area contributed by atoms with Crippen molar-refractivity contribution >= 4 is 33.5 Å². The van der Waals surface area contributed by atoms with Gasteiger partial charge in [-0.25, -0.2) is 8.42 Å². The second kappa shape index (κ2) is 3.62. The lowest BCUT2D eigenvalue weighted by atomic mass is 10.8. The summed E-state index contributed by atoms with van der Waals surface area (Å²) in [6.45, 7) is 1.81. The summed E-state index contributed by atoms with van der Waals surface area (Å²) in [5.41, 5.74) is 0. The van der Waals surface area contributed by atoms with E-state index >= 15 is 0 Å². The molecule has 0 aromatic carbocycles. The fourth-order valence-electron chi connectivity index (χ4n) is 0.130. The molecular weight excluding hydrogens is 241 g/mol. The van der Waals surface area contributed by atoms with Gasteiger partial charge in [0.1, 0.15) is 0 Å². The van der Waals surface area contributed by atoms with E-state index in [9.17, 15) is 8.42 Å². The summed E-state index contributed by atoms with van der Waals surface area (Å²) in [6.07, 6.45) is 0. The fourth-order valence-corrected chi connectivity index (χ4v) is 1.000. The van der Waals surface area contributed by atoms with Crippen molar-refractivity contribution in [3.8, 4) is 0 Å². The number of hydrogen-bond acceptors (Lipinski definition) is 2. The summed E-state index contributed by atoms with van der Waals surface area (Å²) < 4.78 is 21.5. The van der Waals surface area contributed by atoms with Gasteiger partial charge in [-0.05, 0) is 6.92 Å². The summed E-state index contributed by atoms with van der Waals surface area (Å²) in [5.74, 6) is 0. The van der Waals surface area contributed by atoms with Crippen LogP contribution in [0.4, 0.5) is 0 Å². The highest BCUT2D eigenvalue weighted by Gasteiger charge is 2.03. The van der Waals surface area contributed by atoms with Crippen LogP contribution in [-0.4, -0.2) is 23.8 Å². The lowest BCUT2D eigenvalue weighted by Crippen LogP contribution is -2.21. The summed E-state index contributed by atoms with van der Waals surface area (Å²) in [7, 11) is -0.831. The first-order chi connectivity index (χ1) is 3.55. The molecule has 8 heavy (non-hydrogen) atoms. The van der Waals surface area contributed by atoms with Crippen LogP contribution in [0.2, 0.25) is 0 Å². The number of nitrogens with zero attached hydrogens (tertiary/aromatic N) is 1. The van der Waals surface area contributed by atoms with Crippen LogP contribution < -0.4 is 0 Å². The zero-order chi connectivity index (χ0) is 6.73. The predicted octanol–water partition coefficient (Wildman–Crippen LogP) is 0.226. The van der Waals surface area contributed by atoms with Gasteiger partial charge in [0.05, 0.1) is 4.05 Å². The minimum Gasteiger partial charge on any atom is -0.215 e. The number of thiol groups is 1. The van der Waals surface area contributed by atoms with E-state index in [-0.39, 0.29) is 4.05 Å². The van der Waals surface area contributed by atoms with E-state index in [1.54, 1.807) is 7.05 Å². The van der Waals surface area contributed by atoms with Crippen LogP contribution in [0.3, 0.4) is 0 Å². The highest BCUT2D eigenvalue weighted by molar-refractivity contribution is 14.1. The molecule has 0 aromatic rings. The molecule has 0 fully saturated rings. The third-order valence-electron chi connectivity index (χ3n) is 0.772. The minimum absolute atomic E-state index is 0.0497. The van der Waals surface area contributed by atoms with Gasteiger partial charge >= 0.3 is 0 Å². The zero-order valence-electron chi connectivity index (χ0n) is 4.67. The van der Waals surface area contributed by atoms with Crippen molar-refractivity contribution in [3.63, 3.8) is 0 Å². The third kappa shape index (κ3) is 2.83. The van der Waals surface area contributed by atoms with Crippen LogP contribution in [0.25, 0.3) is 0 Å². The Morgan fingerprint density at radius 2 is 2.00 bits per heavy atom. The van der Waals surface area contributed by atoms with Gasteiger partial charge in [-0.15, -0.1) is 0 Å². The molecule has 0 aliphatic heterocycles. The van der Waals surface area contributed by atoms with Crippen molar-refractivity contribution in [2.24, 2.45) is 0 Å². The summed E-state index contributed by atoms with van der Waals surface area (Å²) >= 11 is 2.03. The largest absolute Gasteiger partial charge is 0.215 e. The van der Waals surface area contributed by atoms with Crippen LogP contribution in [-0.2, 0) is 10.9 Å². The number of rotatable bonds is 2. The molecule has 0 spiro atoms. The second-order valence-corrected chi connectivity index (χ2v) is 4.29. The number of hydrogen-bond donors (Lipinski definition) is 1. The van der Waals surface area contributed by atoms with Crippen LogP contribution in [0.15, 0.2) is 0 Å². The van der Waals surface area contributed by atoms with Crippen LogP contribution in [0, 0.1) is 0 Å². The molecule has 0 bridgehead atoms. The summed E-state index contributed by atoms with van der Waals surface area (Å²) in [6, 6.07) is 0. The van der Waals surface area contributed by atoms with Crippen molar-refractivity contribution < 1.29 is 8.42 Å². The molecule has 3 nitrogen and oxygen atoms in total. The Morgan fingerprint density at radius 3 is 2.00 bits per heavy atom. The monoisotopic (exact) mass is 249 g/mol. The first kappa shape index (κ1) is 8.64. The van der Waals surface area contributed by atoms with E-state index in [0.717, 1.165) is 0 Å². The number of halogens is 1. The SMILES string of the molecule is CC(I)N(C)[SH](=O)=O. The van der Waals surface area contributed by atoms with Gasteiger partial charge in [0.15, 0.2) is 0 Å². The van der Waals surface area contributed by atoms with Gasteiger partial charge < -0.3 is 0 Å². The van der Waals surface area contributed by atoms with Gasteiger partial charge in [0.25, 0.3) is 0 Å². The van der Waals surface area contributed by atoms with E-state index in [1.165, 1.54) is 4.31 Å². The molecule has 0 saturated carbocycles. The molecule has 0 N–H and O–H groups in total. The molecule has 1 unspecified atom stereocenters. The maximum Gasteiger partial charge on any atom is 0.204 e. The topological polar surface area (TPSA) is 37.4 Å². The Bertz CT molecular complexity index is 125. The van der Waals surface area contributed by atoms with E-state index in [0.29, 0.717) is 0 Å². The standard InChI is InChI=1S/C3H8INO2S/c1-3(4)5(2)8(6)7/h3,8H,1-2H3. The Hall–Kier alpha value is 0.640. The maximum absolute atomic E-state index is 10.1. The molecule has 0 radical (unpaired) electrons. The average Bonchev–Trinajstić information content (AvgIpc) is 1.64. The number of alkyl halides is 1. The summed E-state index contributed by atoms with van der Waals surface area (Å²) in [5, 5.41) is 0. The molecule has 1 atom stereocenters. The van der Waals surface area contributed by atoms with Crippen molar-refractivity contribution in [1.29, 1.82) is 0 Å². The molecule has 0 saturated heterocycles. The van der Waals surface area contributed by atoms with Gasteiger partial charge in [-0.3, -0.25) is 0 Å². The van der Waals surface area contributed by atoms with E-state index in [1.807, 2.05) is 29.5 Å². The van der Waals surface area contributed by atoms with Crippen molar-refractivity contribution in [3.05, 3.63) is 0 Å². The smallest absolute Gasteiger partial charge is 0.204 e. The van der Waals surface area contributed by atoms with Gasteiger partial charge in [0, 0.05) is 7.05 Å². The molecule has 5 heteroatoms. The maximum atomic E-state index is 10.1. The third-order valence-corrected chi connectivity index (χ3v) is 2.91. The van der Waals surface area contributed by atoms with E-state index < -0.39 is 10.9 Å². The van der Waals surface area contributed by atoms with E-state index in [2.05, 4.69) is 0 Å². The van der Waals surface area contributed by atoms with Crippen molar-refractivity contribution in [2.75, 3.05) is 7.05 Å². The van der Waals surface area contributed by atoms with Crippen molar-refractivity contribution in [2.45, 2.75) is 11.0 Å². The fraction of sp³-hybridized carbons (Fsp3) is 1.00. The molecule has 50 valence electrons. The molecule has 0 aliphatic rings. The molecule has 0 amide bonds. The Kier molecular flexibility index (Phi) is 3.91. The Morgan fingerprint density at radius 1 is 1.62 bits per heavy atom. The zero-order valence-corrected chi connectivity index (χ0v) is 7.72. The summed E-state index contributed by atoms with van der Waals surface area (Å²) in [4.78, 5) is 0. The molecule has 0 aliphatic carbocycles. The molecule has 0 rings (SSSR count). The lowest BCUT2D eigenvalue weighted by molar-refractivity contribution is 0.496. The normalized spacial score (nSPS) is 15.1. The van der Waals surface area contributed by atoms with Crippen LogP contribution >= 0.6 is 22.6 Å². The highest BCUT2D eigenvalue weighted by Crippen LogP contribution is 2.02. The lowest BCUT2D eigenvalue weighted by Gasteiger charge is -2.09. The average molecular weight is 249 g/mol. The molecule has 0 aromatic heterocycles. The predicted molar refractivity (Wildman–Crippen MR) is 41.6 cm³/mol. The Balaban J connectivity index is 3.83. The molecule has 0 heterocycles. The molecular formula is C3H8INO2S. The van der Waals surface area contributed by atoms with E-state index in [4.69, 9.17) is 0 Å². The highest BCUT2D eigenvalue weighted by atomic mass is 127. The minimum atomic E-state index is -2.38. The second-order valence-electron chi connectivity index (χ2n) is 1.39. The van der Waals surface area contributed by atoms with Crippen molar-refractivity contribution in [1.82, 2.24) is 4.31 Å². The van der Waals surface area contributed by atoms with Gasteiger partial charge in [-0.2, -0.15) is 4.31 Å². The quantitative estimate of drug-likeness (QED) is 0.329.